The van der Waals surface area contributed by atoms with E-state index < -0.39 is 0 Å². The molecule has 0 saturated heterocycles. The van der Waals surface area contributed by atoms with Crippen LogP contribution in [0.25, 0.3) is 0 Å². The van der Waals surface area contributed by atoms with Gasteiger partial charge in [0.1, 0.15) is 0 Å². The summed E-state index contributed by atoms with van der Waals surface area (Å²) < 4.78 is 0. The van der Waals surface area contributed by atoms with Crippen LogP contribution in [0.4, 0.5) is 0 Å². The summed E-state index contributed by atoms with van der Waals surface area (Å²) in [6.07, 6.45) is 5.30. The summed E-state index contributed by atoms with van der Waals surface area (Å²) in [6.45, 7) is 2.58. The minimum Gasteiger partial charge on any atom is -0.289 e. The Kier molecular flexibility index (Phi) is 6.73. The zero-order chi connectivity index (χ0) is 15.0. The smallest absolute Gasteiger partial charge is 0.0727 e. The second kappa shape index (κ2) is 9.03. The van der Waals surface area contributed by atoms with Crippen LogP contribution in [-0.4, -0.2) is 14.9 Å². The average molecular weight is 326 g/mol. The quantitative estimate of drug-likeness (QED) is 0.683. The van der Waals surface area contributed by atoms with E-state index in [1.165, 1.54) is 11.1 Å². The third-order valence-corrected chi connectivity index (χ3v) is 3.50. The highest BCUT2D eigenvalue weighted by molar-refractivity contribution is 5.85. The summed E-state index contributed by atoms with van der Waals surface area (Å²) in [5.41, 5.74) is 3.61. The van der Waals surface area contributed by atoms with Crippen molar-refractivity contribution in [3.05, 3.63) is 96.1 Å². The van der Waals surface area contributed by atoms with Gasteiger partial charge in [-0.25, -0.2) is 0 Å². The van der Waals surface area contributed by atoms with Crippen molar-refractivity contribution < 1.29 is 0 Å². The molecule has 4 heteroatoms. The van der Waals surface area contributed by atoms with Gasteiger partial charge in [-0.15, -0.1) is 12.4 Å². The van der Waals surface area contributed by atoms with Crippen LogP contribution in [0.3, 0.4) is 0 Å². The molecule has 0 aliphatic carbocycles. The van der Waals surface area contributed by atoms with E-state index in [2.05, 4.69) is 63.4 Å². The minimum atomic E-state index is 0. The van der Waals surface area contributed by atoms with E-state index in [1.54, 1.807) is 12.4 Å². The van der Waals surface area contributed by atoms with E-state index in [0.29, 0.717) is 0 Å². The predicted molar refractivity (Wildman–Crippen MR) is 95.1 cm³/mol. The van der Waals surface area contributed by atoms with E-state index >= 15 is 0 Å². The molecule has 0 atom stereocenters. The van der Waals surface area contributed by atoms with Gasteiger partial charge in [0.25, 0.3) is 0 Å². The van der Waals surface area contributed by atoms with Crippen molar-refractivity contribution in [2.75, 3.05) is 0 Å². The molecule has 1 heterocycles. The van der Waals surface area contributed by atoms with Gasteiger partial charge in [0, 0.05) is 38.2 Å². The van der Waals surface area contributed by atoms with Gasteiger partial charge in [0.2, 0.25) is 0 Å². The Morgan fingerprint density at radius 3 is 1.74 bits per heavy atom. The Balaban J connectivity index is 0.00000192. The molecule has 3 aromatic rings. The van der Waals surface area contributed by atoms with Crippen molar-refractivity contribution in [2.45, 2.75) is 19.6 Å². The van der Waals surface area contributed by atoms with Gasteiger partial charge in [-0.05, 0) is 11.1 Å². The molecular formula is C19H20ClN3. The highest BCUT2D eigenvalue weighted by atomic mass is 35.5. The third kappa shape index (κ3) is 5.47. The maximum Gasteiger partial charge on any atom is 0.0727 e. The van der Waals surface area contributed by atoms with Gasteiger partial charge >= 0.3 is 0 Å². The summed E-state index contributed by atoms with van der Waals surface area (Å²) in [6, 6.07) is 21.1. The van der Waals surface area contributed by atoms with Crippen LogP contribution >= 0.6 is 12.4 Å². The second-order valence-electron chi connectivity index (χ2n) is 5.31. The van der Waals surface area contributed by atoms with E-state index in [0.717, 1.165) is 25.3 Å². The number of rotatable bonds is 6. The summed E-state index contributed by atoms with van der Waals surface area (Å²) in [5, 5.41) is 0. The van der Waals surface area contributed by atoms with Crippen LogP contribution in [0.5, 0.6) is 0 Å². The topological polar surface area (TPSA) is 29.0 Å². The van der Waals surface area contributed by atoms with Gasteiger partial charge in [-0.1, -0.05) is 60.7 Å². The average Bonchev–Trinajstić information content (AvgIpc) is 2.57. The van der Waals surface area contributed by atoms with Crippen LogP contribution < -0.4 is 0 Å². The zero-order valence-electron chi connectivity index (χ0n) is 12.9. The fourth-order valence-corrected chi connectivity index (χ4v) is 2.49. The first-order valence-electron chi connectivity index (χ1n) is 7.45. The Bertz CT molecular complexity index is 576. The molecule has 23 heavy (non-hydrogen) atoms. The van der Waals surface area contributed by atoms with Crippen molar-refractivity contribution in [1.29, 1.82) is 0 Å². The molecule has 0 saturated carbocycles. The molecular weight excluding hydrogens is 306 g/mol. The number of hydrogen-bond donors (Lipinski definition) is 0. The normalized spacial score (nSPS) is 10.3. The molecule has 0 radical (unpaired) electrons. The predicted octanol–water partition coefficient (Wildman–Crippen LogP) is 4.10. The standard InChI is InChI=1S/C19H19N3.ClH/c1-3-7-17(8-4-1)14-22(15-18-9-5-2-6-10-18)16-19-13-20-11-12-21-19;/h1-13H,14-16H2;1H. The Labute approximate surface area is 143 Å². The second-order valence-corrected chi connectivity index (χ2v) is 5.31. The SMILES string of the molecule is Cl.c1ccc(CN(Cc2ccccc2)Cc2cnccn2)cc1. The third-order valence-electron chi connectivity index (χ3n) is 3.50. The molecule has 118 valence electrons. The molecule has 0 aliphatic rings. The van der Waals surface area contributed by atoms with E-state index in [9.17, 15) is 0 Å². The molecule has 0 aliphatic heterocycles. The van der Waals surface area contributed by atoms with Gasteiger partial charge in [-0.3, -0.25) is 14.9 Å². The van der Waals surface area contributed by atoms with Gasteiger partial charge < -0.3 is 0 Å². The molecule has 0 spiro atoms. The fraction of sp³-hybridized carbons (Fsp3) is 0.158. The maximum absolute atomic E-state index is 4.40. The fourth-order valence-electron chi connectivity index (χ4n) is 2.49. The summed E-state index contributed by atoms with van der Waals surface area (Å²) in [4.78, 5) is 10.9. The first-order valence-corrected chi connectivity index (χ1v) is 7.45. The van der Waals surface area contributed by atoms with Gasteiger partial charge in [0.15, 0.2) is 0 Å². The molecule has 0 unspecified atom stereocenters. The van der Waals surface area contributed by atoms with Crippen LogP contribution in [0, 0.1) is 0 Å². The van der Waals surface area contributed by atoms with Crippen LogP contribution in [0.1, 0.15) is 16.8 Å². The number of halogens is 1. The number of hydrogen-bond acceptors (Lipinski definition) is 3. The highest BCUT2D eigenvalue weighted by Gasteiger charge is 2.09. The van der Waals surface area contributed by atoms with Gasteiger partial charge in [0.05, 0.1) is 5.69 Å². The number of benzene rings is 2. The molecule has 2 aromatic carbocycles. The molecule has 1 aromatic heterocycles. The van der Waals surface area contributed by atoms with E-state index in [1.807, 2.05) is 18.3 Å². The summed E-state index contributed by atoms with van der Waals surface area (Å²) >= 11 is 0. The monoisotopic (exact) mass is 325 g/mol. The van der Waals surface area contributed by atoms with E-state index in [-0.39, 0.29) is 12.4 Å². The molecule has 0 bridgehead atoms. The lowest BCUT2D eigenvalue weighted by atomic mass is 10.1. The summed E-state index contributed by atoms with van der Waals surface area (Å²) in [5.74, 6) is 0. The Morgan fingerprint density at radius 1 is 0.696 bits per heavy atom. The molecule has 0 fully saturated rings. The highest BCUT2D eigenvalue weighted by Crippen LogP contribution is 2.12. The van der Waals surface area contributed by atoms with Crippen molar-refractivity contribution in [1.82, 2.24) is 14.9 Å². The minimum absolute atomic E-state index is 0. The van der Waals surface area contributed by atoms with Crippen molar-refractivity contribution in [2.24, 2.45) is 0 Å². The lowest BCUT2D eigenvalue weighted by Crippen LogP contribution is -2.23. The number of nitrogens with zero attached hydrogens (tertiary/aromatic N) is 3. The van der Waals surface area contributed by atoms with Gasteiger partial charge in [-0.2, -0.15) is 0 Å². The van der Waals surface area contributed by atoms with Crippen LogP contribution in [0.15, 0.2) is 79.3 Å². The molecule has 3 rings (SSSR count). The first kappa shape index (κ1) is 17.1. The largest absolute Gasteiger partial charge is 0.289 e. The van der Waals surface area contributed by atoms with Crippen LogP contribution in [0.2, 0.25) is 0 Å². The van der Waals surface area contributed by atoms with E-state index in [4.69, 9.17) is 0 Å². The molecule has 3 nitrogen and oxygen atoms in total. The Morgan fingerprint density at radius 2 is 1.26 bits per heavy atom. The molecule has 0 N–H and O–H groups in total. The lowest BCUT2D eigenvalue weighted by Gasteiger charge is -2.22. The van der Waals surface area contributed by atoms with Crippen molar-refractivity contribution in [3.63, 3.8) is 0 Å². The first-order chi connectivity index (χ1) is 10.9. The van der Waals surface area contributed by atoms with Crippen molar-refractivity contribution in [3.8, 4) is 0 Å². The Hall–Kier alpha value is -2.23. The zero-order valence-corrected chi connectivity index (χ0v) is 13.7. The number of aromatic nitrogens is 2. The van der Waals surface area contributed by atoms with Crippen molar-refractivity contribution >= 4 is 12.4 Å². The summed E-state index contributed by atoms with van der Waals surface area (Å²) in [7, 11) is 0. The van der Waals surface area contributed by atoms with Crippen LogP contribution in [-0.2, 0) is 19.6 Å². The lowest BCUT2D eigenvalue weighted by molar-refractivity contribution is 0.244. The molecule has 0 amide bonds. The maximum atomic E-state index is 4.40.